The molecule has 0 N–H and O–H groups in total. The highest BCUT2D eigenvalue weighted by atomic mass is 19.1. The molecule has 1 saturated heterocycles. The molecule has 7 nitrogen and oxygen atoms in total. The predicted molar refractivity (Wildman–Crippen MR) is 98.9 cm³/mol. The number of amides is 1. The summed E-state index contributed by atoms with van der Waals surface area (Å²) >= 11 is 0. The molecule has 0 radical (unpaired) electrons. The topological polar surface area (TPSA) is 82.3 Å². The Morgan fingerprint density at radius 1 is 1.28 bits per heavy atom. The maximum atomic E-state index is 13.4. The van der Waals surface area contributed by atoms with Gasteiger partial charge in [-0.15, -0.1) is 0 Å². The number of halogens is 2. The number of carbonyl (C=O) groups is 1. The van der Waals surface area contributed by atoms with Crippen molar-refractivity contribution >= 4 is 11.6 Å². The number of nitrogens with zero attached hydrogens (tertiary/aromatic N) is 5. The highest BCUT2D eigenvalue weighted by Gasteiger charge is 2.38. The van der Waals surface area contributed by atoms with Gasteiger partial charge in [0.2, 0.25) is 17.6 Å². The molecule has 29 heavy (non-hydrogen) atoms. The number of ether oxygens (including phenoxy) is 1. The van der Waals surface area contributed by atoms with Gasteiger partial charge in [0.1, 0.15) is 17.7 Å². The quantitative estimate of drug-likeness (QED) is 0.786. The van der Waals surface area contributed by atoms with Crippen LogP contribution in [0.25, 0.3) is 0 Å². The largest absolute Gasteiger partial charge is 0.481 e. The van der Waals surface area contributed by atoms with E-state index in [2.05, 4.69) is 9.97 Å². The van der Waals surface area contributed by atoms with Crippen molar-refractivity contribution in [3.8, 4) is 11.9 Å². The van der Waals surface area contributed by atoms with Crippen LogP contribution >= 0.6 is 0 Å². The fourth-order valence-electron chi connectivity index (χ4n) is 3.99. The molecule has 0 bridgehead atoms. The van der Waals surface area contributed by atoms with E-state index in [0.29, 0.717) is 43.3 Å². The molecule has 150 valence electrons. The van der Waals surface area contributed by atoms with Gasteiger partial charge in [0, 0.05) is 37.2 Å². The summed E-state index contributed by atoms with van der Waals surface area (Å²) in [5.74, 6) is -0.833. The summed E-state index contributed by atoms with van der Waals surface area (Å²) in [7, 11) is 1.47. The van der Waals surface area contributed by atoms with Crippen molar-refractivity contribution in [1.29, 1.82) is 5.26 Å². The van der Waals surface area contributed by atoms with E-state index in [-0.39, 0.29) is 23.7 Å². The third-order valence-electron chi connectivity index (χ3n) is 5.44. The Labute approximate surface area is 166 Å². The van der Waals surface area contributed by atoms with Gasteiger partial charge >= 0.3 is 0 Å². The number of hydrogen-bond acceptors (Lipinski definition) is 6. The molecule has 1 amide bonds. The molecule has 3 heterocycles. The fourth-order valence-corrected chi connectivity index (χ4v) is 3.99. The average Bonchev–Trinajstić information content (AvgIpc) is 2.99. The summed E-state index contributed by atoms with van der Waals surface area (Å²) in [5.41, 5.74) is 1.84. The predicted octanol–water partition coefficient (Wildman–Crippen LogP) is 2.56. The number of aromatic nitrogens is 2. The number of nitriles is 1. The van der Waals surface area contributed by atoms with Gasteiger partial charge in [-0.2, -0.15) is 10.2 Å². The fraction of sp³-hybridized carbons (Fsp3) is 0.400. The van der Waals surface area contributed by atoms with Gasteiger partial charge in [-0.05, 0) is 19.1 Å². The highest BCUT2D eigenvalue weighted by Crippen LogP contribution is 2.38. The molecular weight excluding hydrogens is 380 g/mol. The monoisotopic (exact) mass is 399 g/mol. The van der Waals surface area contributed by atoms with Crippen LogP contribution in [0.5, 0.6) is 5.88 Å². The molecule has 2 aliphatic rings. The second kappa shape index (κ2) is 7.28. The Morgan fingerprint density at radius 2 is 1.97 bits per heavy atom. The molecule has 2 aliphatic heterocycles. The zero-order chi connectivity index (χ0) is 20.7. The first-order valence-electron chi connectivity index (χ1n) is 9.25. The Hall–Kier alpha value is -3.28. The van der Waals surface area contributed by atoms with Crippen molar-refractivity contribution in [1.82, 2.24) is 14.9 Å². The molecule has 9 heteroatoms. The van der Waals surface area contributed by atoms with E-state index in [0.717, 1.165) is 11.6 Å². The second-order valence-corrected chi connectivity index (χ2v) is 7.33. The lowest BCUT2D eigenvalue weighted by atomic mass is 9.94. The first-order chi connectivity index (χ1) is 13.9. The van der Waals surface area contributed by atoms with Crippen LogP contribution in [0, 0.1) is 28.9 Å². The molecular formula is C20H19F2N5O2. The number of fused-ring (bicyclic) bond motifs is 1. The van der Waals surface area contributed by atoms with E-state index in [1.54, 1.807) is 4.90 Å². The molecule has 1 unspecified atom stereocenters. The smallest absolute Gasteiger partial charge is 0.235 e. The second-order valence-electron chi connectivity index (χ2n) is 7.33. The minimum absolute atomic E-state index is 0.0130. The summed E-state index contributed by atoms with van der Waals surface area (Å²) in [6, 6.07) is 5.07. The lowest BCUT2D eigenvalue weighted by Crippen LogP contribution is -2.48. The minimum Gasteiger partial charge on any atom is -0.481 e. The van der Waals surface area contributed by atoms with Gasteiger partial charge in [-0.1, -0.05) is 0 Å². The standard InChI is InChI=1S/C20H19F2N5O2/c1-11-19-16(24-17(7-23)25-20(19)29-2)10-27(11)18(28)3-12-8-26(9-12)15-5-13(21)4-14(22)6-15/h4-6,11-12H,3,8-10H2,1-2H3. The maximum Gasteiger partial charge on any atom is 0.235 e. The average molecular weight is 399 g/mol. The molecule has 0 spiro atoms. The molecule has 4 rings (SSSR count). The van der Waals surface area contributed by atoms with Crippen LogP contribution in [-0.4, -0.2) is 41.0 Å². The van der Waals surface area contributed by atoms with E-state index in [4.69, 9.17) is 10.00 Å². The number of methoxy groups -OCH3 is 1. The van der Waals surface area contributed by atoms with Crippen LogP contribution in [0.4, 0.5) is 14.5 Å². The van der Waals surface area contributed by atoms with Gasteiger partial charge in [0.15, 0.2) is 0 Å². The van der Waals surface area contributed by atoms with Crippen molar-refractivity contribution in [2.45, 2.75) is 25.9 Å². The van der Waals surface area contributed by atoms with Gasteiger partial charge in [0.05, 0.1) is 31.0 Å². The number of benzene rings is 1. The lowest BCUT2D eigenvalue weighted by molar-refractivity contribution is -0.134. The summed E-state index contributed by atoms with van der Waals surface area (Å²) < 4.78 is 32.0. The van der Waals surface area contributed by atoms with Crippen LogP contribution in [0.1, 0.15) is 36.5 Å². The number of anilines is 1. The van der Waals surface area contributed by atoms with Crippen LogP contribution in [0.3, 0.4) is 0 Å². The zero-order valence-corrected chi connectivity index (χ0v) is 16.0. The van der Waals surface area contributed by atoms with Crippen molar-refractivity contribution in [3.05, 3.63) is 46.9 Å². The SMILES string of the molecule is COc1nc(C#N)nc2c1C(C)N(C(=O)CC1CN(c3cc(F)cc(F)c3)C1)C2. The number of rotatable bonds is 4. The van der Waals surface area contributed by atoms with E-state index in [9.17, 15) is 13.6 Å². The third-order valence-corrected chi connectivity index (χ3v) is 5.44. The van der Waals surface area contributed by atoms with Crippen LogP contribution in [-0.2, 0) is 11.3 Å². The first-order valence-corrected chi connectivity index (χ1v) is 9.25. The first kappa shape index (κ1) is 19.1. The summed E-state index contributed by atoms with van der Waals surface area (Å²) in [5, 5.41) is 9.08. The summed E-state index contributed by atoms with van der Waals surface area (Å²) in [4.78, 5) is 24.7. The highest BCUT2D eigenvalue weighted by molar-refractivity contribution is 5.78. The molecule has 1 fully saturated rings. The Kier molecular flexibility index (Phi) is 4.78. The van der Waals surface area contributed by atoms with Gasteiger partial charge < -0.3 is 14.5 Å². The van der Waals surface area contributed by atoms with Crippen LogP contribution in [0.2, 0.25) is 0 Å². The zero-order valence-electron chi connectivity index (χ0n) is 16.0. The summed E-state index contributed by atoms with van der Waals surface area (Å²) in [6.07, 6.45) is 0.327. The van der Waals surface area contributed by atoms with Crippen molar-refractivity contribution in [2.75, 3.05) is 25.1 Å². The summed E-state index contributed by atoms with van der Waals surface area (Å²) in [6.45, 7) is 3.30. The van der Waals surface area contributed by atoms with Crippen LogP contribution in [0.15, 0.2) is 18.2 Å². The van der Waals surface area contributed by atoms with E-state index < -0.39 is 11.6 Å². The van der Waals surface area contributed by atoms with Crippen LogP contribution < -0.4 is 9.64 Å². The number of hydrogen-bond donors (Lipinski definition) is 0. The minimum atomic E-state index is -0.616. The van der Waals surface area contributed by atoms with Crippen molar-refractivity contribution < 1.29 is 18.3 Å². The van der Waals surface area contributed by atoms with Gasteiger partial charge in [-0.25, -0.2) is 13.8 Å². The molecule has 1 aromatic carbocycles. The maximum absolute atomic E-state index is 13.4. The molecule has 0 aliphatic carbocycles. The Morgan fingerprint density at radius 3 is 2.59 bits per heavy atom. The molecule has 0 saturated carbocycles. The van der Waals surface area contributed by atoms with Crippen molar-refractivity contribution in [3.63, 3.8) is 0 Å². The van der Waals surface area contributed by atoms with E-state index in [1.165, 1.54) is 19.2 Å². The third kappa shape index (κ3) is 3.46. The molecule has 1 atom stereocenters. The van der Waals surface area contributed by atoms with E-state index in [1.807, 2.05) is 17.9 Å². The van der Waals surface area contributed by atoms with Gasteiger partial charge in [-0.3, -0.25) is 4.79 Å². The van der Waals surface area contributed by atoms with Crippen molar-refractivity contribution in [2.24, 2.45) is 5.92 Å². The van der Waals surface area contributed by atoms with E-state index >= 15 is 0 Å². The van der Waals surface area contributed by atoms with Gasteiger partial charge in [0.25, 0.3) is 0 Å². The molecule has 1 aromatic heterocycles. The Bertz CT molecular complexity index is 996. The Balaban J connectivity index is 1.41. The lowest BCUT2D eigenvalue weighted by Gasteiger charge is -2.41. The normalized spacial score (nSPS) is 18.2. The number of carbonyl (C=O) groups excluding carboxylic acids is 1. The molecule has 2 aromatic rings.